The zero-order chi connectivity index (χ0) is 41.8. The largest absolute Gasteiger partial charge is 0.311 e. The highest BCUT2D eigenvalue weighted by atomic mass is 15.2. The molecule has 0 aromatic heterocycles. The van der Waals surface area contributed by atoms with E-state index >= 15 is 0 Å². The van der Waals surface area contributed by atoms with Gasteiger partial charge in [-0.05, 0) is 116 Å². The number of anilines is 5. The van der Waals surface area contributed by atoms with Crippen molar-refractivity contribution in [3.8, 4) is 0 Å². The molecular weight excluding hydrogens is 711 g/mol. The second kappa shape index (κ2) is 13.5. The van der Waals surface area contributed by atoms with Gasteiger partial charge in [-0.15, -0.1) is 0 Å². The molecule has 59 heavy (non-hydrogen) atoms. The first-order chi connectivity index (χ1) is 27.9. The zero-order valence-electron chi connectivity index (χ0n) is 37.3. The summed E-state index contributed by atoms with van der Waals surface area (Å²) >= 11 is 0. The molecule has 0 saturated heterocycles. The fraction of sp³-hybridized carbons (Fsp3) is 0.286. The smallest absolute Gasteiger partial charge is 0.248 e. The highest BCUT2D eigenvalue weighted by Gasteiger charge is 2.54. The third-order valence-electron chi connectivity index (χ3n) is 13.2. The second-order valence-electron chi connectivity index (χ2n) is 20.8. The first-order valence-corrected chi connectivity index (χ1v) is 21.6. The van der Waals surface area contributed by atoms with Crippen molar-refractivity contribution in [2.24, 2.45) is 5.41 Å². The lowest BCUT2D eigenvalue weighted by atomic mass is 9.30. The van der Waals surface area contributed by atoms with Crippen LogP contribution in [-0.2, 0) is 16.2 Å². The molecule has 1 aliphatic carbocycles. The van der Waals surface area contributed by atoms with Crippen LogP contribution in [0.2, 0.25) is 0 Å². The van der Waals surface area contributed by atoms with E-state index in [1.165, 1.54) is 95.1 Å². The first kappa shape index (κ1) is 39.0. The van der Waals surface area contributed by atoms with Crippen LogP contribution >= 0.6 is 0 Å². The van der Waals surface area contributed by atoms with Gasteiger partial charge in [0.25, 0.3) is 0 Å². The fourth-order valence-corrected chi connectivity index (χ4v) is 10.1. The Labute approximate surface area is 354 Å². The third kappa shape index (κ3) is 6.31. The van der Waals surface area contributed by atoms with Crippen LogP contribution in [0.15, 0.2) is 151 Å². The fourth-order valence-electron chi connectivity index (χ4n) is 10.1. The minimum atomic E-state index is -0.332. The van der Waals surface area contributed by atoms with E-state index in [1.807, 2.05) is 0 Å². The molecule has 3 heteroatoms. The standard InChI is InChI=1S/C56H59BN2/c1-36-33-46-50-47(34-36)59(43-30-25-40(26-31-43)54(5,6)7)51-48(37-19-15-13-16-20-37)49(38-21-17-14-18-22-38)56(11,12)52(51)57(50)44-35-41(55(8,9)10)27-32-45(44)58(46)42-28-23-39(24-29-42)53(2,3)4/h13-35H,1-12H3. The summed E-state index contributed by atoms with van der Waals surface area (Å²) in [6.45, 7) is 28.1. The molecule has 0 saturated carbocycles. The van der Waals surface area contributed by atoms with Gasteiger partial charge in [0.15, 0.2) is 0 Å². The van der Waals surface area contributed by atoms with Crippen molar-refractivity contribution < 1.29 is 0 Å². The number of fused-ring (bicyclic) bond motifs is 3. The molecular formula is C56H59BN2. The summed E-state index contributed by atoms with van der Waals surface area (Å²) in [5.41, 5.74) is 21.9. The van der Waals surface area contributed by atoms with Crippen LogP contribution in [0.25, 0.3) is 11.1 Å². The minimum absolute atomic E-state index is 0.0227. The van der Waals surface area contributed by atoms with Gasteiger partial charge in [0, 0.05) is 45.1 Å². The van der Waals surface area contributed by atoms with Crippen molar-refractivity contribution in [1.82, 2.24) is 0 Å². The van der Waals surface area contributed by atoms with Gasteiger partial charge in [-0.25, -0.2) is 0 Å². The summed E-state index contributed by atoms with van der Waals surface area (Å²) in [7, 11) is 0. The van der Waals surface area contributed by atoms with Gasteiger partial charge in [-0.1, -0.05) is 179 Å². The maximum atomic E-state index is 2.64. The number of rotatable bonds is 4. The molecule has 6 aromatic carbocycles. The lowest BCUT2D eigenvalue weighted by Gasteiger charge is -2.47. The van der Waals surface area contributed by atoms with Crippen LogP contribution in [0.5, 0.6) is 0 Å². The molecule has 6 aromatic rings. The summed E-state index contributed by atoms with van der Waals surface area (Å²) in [4.78, 5) is 5.21. The lowest BCUT2D eigenvalue weighted by molar-refractivity contribution is 0.590. The third-order valence-corrected chi connectivity index (χ3v) is 13.2. The second-order valence-corrected chi connectivity index (χ2v) is 20.8. The normalized spacial score (nSPS) is 16.0. The topological polar surface area (TPSA) is 6.48 Å². The van der Waals surface area contributed by atoms with Crippen molar-refractivity contribution in [3.63, 3.8) is 0 Å². The number of allylic oxidation sites excluding steroid dienone is 3. The molecule has 0 amide bonds. The Kier molecular flexibility index (Phi) is 8.91. The maximum Gasteiger partial charge on any atom is 0.248 e. The summed E-state index contributed by atoms with van der Waals surface area (Å²) in [6, 6.07) is 53.4. The van der Waals surface area contributed by atoms with E-state index in [0.717, 1.165) is 0 Å². The highest BCUT2D eigenvalue weighted by molar-refractivity contribution is 6.96. The quantitative estimate of drug-likeness (QED) is 0.165. The van der Waals surface area contributed by atoms with Gasteiger partial charge < -0.3 is 9.80 Å². The molecule has 0 fully saturated rings. The number of aryl methyl sites for hydroxylation is 1. The van der Waals surface area contributed by atoms with E-state index in [1.54, 1.807) is 0 Å². The van der Waals surface area contributed by atoms with Gasteiger partial charge >= 0.3 is 0 Å². The highest BCUT2D eigenvalue weighted by Crippen LogP contribution is 2.61. The van der Waals surface area contributed by atoms with Crippen molar-refractivity contribution in [1.29, 1.82) is 0 Å². The van der Waals surface area contributed by atoms with E-state index in [4.69, 9.17) is 0 Å². The maximum absolute atomic E-state index is 2.64. The predicted octanol–water partition coefficient (Wildman–Crippen LogP) is 13.9. The Morgan fingerprint density at radius 3 is 1.44 bits per heavy atom. The number of benzene rings is 6. The van der Waals surface area contributed by atoms with Crippen molar-refractivity contribution in [2.45, 2.75) is 99.3 Å². The van der Waals surface area contributed by atoms with Gasteiger partial charge in [0.1, 0.15) is 0 Å². The average Bonchev–Trinajstić information content (AvgIpc) is 3.43. The van der Waals surface area contributed by atoms with Crippen molar-refractivity contribution in [2.75, 3.05) is 9.80 Å². The van der Waals surface area contributed by atoms with Crippen LogP contribution in [-0.4, -0.2) is 6.71 Å². The SMILES string of the molecule is Cc1cc2c3c(c1)N(c1ccc(C(C)(C)C)cc1)c1ccc(C(C)(C)C)cc1B3C1=C(C(c3ccccc3)=C(c3ccccc3)C1(C)C)N2c1ccc(C(C)(C)C)cc1. The molecule has 2 heterocycles. The van der Waals surface area contributed by atoms with Crippen LogP contribution in [0.4, 0.5) is 28.4 Å². The Hall–Kier alpha value is -5.54. The monoisotopic (exact) mass is 770 g/mol. The van der Waals surface area contributed by atoms with E-state index in [-0.39, 0.29) is 28.4 Å². The van der Waals surface area contributed by atoms with E-state index in [2.05, 4.69) is 232 Å². The number of hydrogen-bond acceptors (Lipinski definition) is 2. The summed E-state index contributed by atoms with van der Waals surface area (Å²) < 4.78 is 0. The summed E-state index contributed by atoms with van der Waals surface area (Å²) in [5, 5.41) is 0. The molecule has 2 aliphatic heterocycles. The van der Waals surface area contributed by atoms with E-state index in [0.29, 0.717) is 0 Å². The lowest BCUT2D eigenvalue weighted by Crippen LogP contribution is -2.58. The van der Waals surface area contributed by atoms with Gasteiger partial charge in [-0.3, -0.25) is 0 Å². The molecule has 0 atom stereocenters. The minimum Gasteiger partial charge on any atom is -0.311 e. The molecule has 296 valence electrons. The van der Waals surface area contributed by atoms with E-state index < -0.39 is 0 Å². The van der Waals surface area contributed by atoms with Crippen LogP contribution < -0.4 is 20.7 Å². The molecule has 9 rings (SSSR count). The average molecular weight is 771 g/mol. The van der Waals surface area contributed by atoms with Crippen molar-refractivity contribution >= 4 is 57.2 Å². The predicted molar refractivity (Wildman–Crippen MR) is 256 cm³/mol. The van der Waals surface area contributed by atoms with Crippen LogP contribution in [0.3, 0.4) is 0 Å². The Morgan fingerprint density at radius 2 is 0.932 bits per heavy atom. The van der Waals surface area contributed by atoms with Gasteiger partial charge in [0.05, 0.1) is 0 Å². The Balaban J connectivity index is 1.43. The van der Waals surface area contributed by atoms with Crippen LogP contribution in [0.1, 0.15) is 110 Å². The van der Waals surface area contributed by atoms with E-state index in [9.17, 15) is 0 Å². The number of nitrogens with zero attached hydrogens (tertiary/aromatic N) is 2. The van der Waals surface area contributed by atoms with Gasteiger partial charge in [0.2, 0.25) is 6.71 Å². The van der Waals surface area contributed by atoms with Crippen molar-refractivity contribution in [3.05, 3.63) is 184 Å². The molecule has 3 aliphatic rings. The summed E-state index contributed by atoms with van der Waals surface area (Å²) in [5.74, 6) is 0. The molecule has 0 spiro atoms. The molecule has 2 nitrogen and oxygen atoms in total. The van der Waals surface area contributed by atoms with Gasteiger partial charge in [-0.2, -0.15) is 0 Å². The number of hydrogen-bond donors (Lipinski definition) is 0. The first-order valence-electron chi connectivity index (χ1n) is 21.6. The van der Waals surface area contributed by atoms with Crippen LogP contribution in [0, 0.1) is 12.3 Å². The molecule has 0 N–H and O–H groups in total. The summed E-state index contributed by atoms with van der Waals surface area (Å²) in [6.07, 6.45) is 0. The molecule has 0 unspecified atom stereocenters. The Bertz CT molecular complexity index is 2660. The molecule has 0 radical (unpaired) electrons. The zero-order valence-corrected chi connectivity index (χ0v) is 37.3. The Morgan fingerprint density at radius 1 is 0.475 bits per heavy atom. The molecule has 0 bridgehead atoms.